The summed E-state index contributed by atoms with van der Waals surface area (Å²) >= 11 is 0. The molecule has 0 heterocycles. The fourth-order valence-electron chi connectivity index (χ4n) is 1.68. The molecule has 0 aromatic carbocycles. The SMILES string of the molecule is CCOCC(C)NCC(C)(C)CC(C)O. The van der Waals surface area contributed by atoms with Crippen molar-refractivity contribution in [3.05, 3.63) is 0 Å². The number of hydrogen-bond acceptors (Lipinski definition) is 3. The smallest absolute Gasteiger partial charge is 0.0616 e. The molecule has 0 aromatic rings. The highest BCUT2D eigenvalue weighted by atomic mass is 16.5. The Morgan fingerprint density at radius 1 is 1.33 bits per heavy atom. The summed E-state index contributed by atoms with van der Waals surface area (Å²) < 4.78 is 5.33. The molecule has 0 bridgehead atoms. The third-order valence-electron chi connectivity index (χ3n) is 2.35. The van der Waals surface area contributed by atoms with Crippen molar-refractivity contribution in [3.8, 4) is 0 Å². The Hall–Kier alpha value is -0.120. The minimum atomic E-state index is -0.232. The fraction of sp³-hybridized carbons (Fsp3) is 1.00. The van der Waals surface area contributed by atoms with Gasteiger partial charge in [0, 0.05) is 19.2 Å². The van der Waals surface area contributed by atoms with Gasteiger partial charge in [-0.25, -0.2) is 0 Å². The second-order valence-electron chi connectivity index (χ2n) is 5.16. The molecule has 0 aliphatic heterocycles. The second kappa shape index (κ2) is 7.20. The lowest BCUT2D eigenvalue weighted by molar-refractivity contribution is 0.108. The van der Waals surface area contributed by atoms with Gasteiger partial charge in [-0.05, 0) is 32.6 Å². The first kappa shape index (κ1) is 14.9. The van der Waals surface area contributed by atoms with Gasteiger partial charge in [-0.2, -0.15) is 0 Å². The molecule has 0 rings (SSSR count). The van der Waals surface area contributed by atoms with Crippen LogP contribution in [0.3, 0.4) is 0 Å². The van der Waals surface area contributed by atoms with E-state index >= 15 is 0 Å². The lowest BCUT2D eigenvalue weighted by Crippen LogP contribution is -2.39. The molecule has 0 spiro atoms. The number of nitrogens with one attached hydrogen (secondary N) is 1. The van der Waals surface area contributed by atoms with Crippen molar-refractivity contribution in [2.75, 3.05) is 19.8 Å². The van der Waals surface area contributed by atoms with E-state index in [4.69, 9.17) is 4.74 Å². The van der Waals surface area contributed by atoms with Crippen molar-refractivity contribution in [2.45, 2.75) is 53.2 Å². The lowest BCUT2D eigenvalue weighted by atomic mass is 9.87. The van der Waals surface area contributed by atoms with Crippen molar-refractivity contribution in [1.29, 1.82) is 0 Å². The Labute approximate surface area is 94.2 Å². The zero-order valence-electron chi connectivity index (χ0n) is 10.8. The molecule has 0 aliphatic rings. The van der Waals surface area contributed by atoms with E-state index in [9.17, 15) is 5.11 Å². The van der Waals surface area contributed by atoms with Gasteiger partial charge in [0.2, 0.25) is 0 Å². The van der Waals surface area contributed by atoms with Gasteiger partial charge in [0.1, 0.15) is 0 Å². The normalized spacial score (nSPS) is 16.4. The summed E-state index contributed by atoms with van der Waals surface area (Å²) in [5.41, 5.74) is 0.134. The topological polar surface area (TPSA) is 41.5 Å². The molecular formula is C12H27NO2. The molecule has 2 N–H and O–H groups in total. The van der Waals surface area contributed by atoms with Crippen LogP contribution in [0.1, 0.15) is 41.0 Å². The van der Waals surface area contributed by atoms with Crippen LogP contribution in [-0.4, -0.2) is 37.0 Å². The third-order valence-corrected chi connectivity index (χ3v) is 2.35. The molecule has 0 aromatic heterocycles. The molecule has 3 heteroatoms. The van der Waals surface area contributed by atoms with Crippen molar-refractivity contribution in [3.63, 3.8) is 0 Å². The predicted molar refractivity (Wildman–Crippen MR) is 64.0 cm³/mol. The molecule has 2 unspecified atom stereocenters. The van der Waals surface area contributed by atoms with Crippen LogP contribution >= 0.6 is 0 Å². The minimum absolute atomic E-state index is 0.134. The van der Waals surface area contributed by atoms with Crippen LogP contribution < -0.4 is 5.32 Å². The highest BCUT2D eigenvalue weighted by molar-refractivity contribution is 4.75. The van der Waals surface area contributed by atoms with Crippen LogP contribution in [0.25, 0.3) is 0 Å². The Morgan fingerprint density at radius 2 is 1.93 bits per heavy atom. The van der Waals surface area contributed by atoms with Gasteiger partial charge in [0.05, 0.1) is 12.7 Å². The number of hydrogen-bond donors (Lipinski definition) is 2. The monoisotopic (exact) mass is 217 g/mol. The van der Waals surface area contributed by atoms with Crippen LogP contribution in [0.5, 0.6) is 0 Å². The predicted octanol–water partition coefficient (Wildman–Crippen LogP) is 1.80. The number of rotatable bonds is 8. The molecule has 3 nitrogen and oxygen atoms in total. The van der Waals surface area contributed by atoms with E-state index in [1.165, 1.54) is 0 Å². The van der Waals surface area contributed by atoms with Gasteiger partial charge in [-0.1, -0.05) is 13.8 Å². The molecular weight excluding hydrogens is 190 g/mol. The summed E-state index contributed by atoms with van der Waals surface area (Å²) in [5.74, 6) is 0. The molecule has 92 valence electrons. The van der Waals surface area contributed by atoms with Crippen LogP contribution in [0.15, 0.2) is 0 Å². The summed E-state index contributed by atoms with van der Waals surface area (Å²) in [5, 5.41) is 12.8. The highest BCUT2D eigenvalue weighted by Crippen LogP contribution is 2.21. The summed E-state index contributed by atoms with van der Waals surface area (Å²) in [6.07, 6.45) is 0.588. The van der Waals surface area contributed by atoms with E-state index < -0.39 is 0 Å². The lowest BCUT2D eigenvalue weighted by Gasteiger charge is -2.28. The average Bonchev–Trinajstić information content (AvgIpc) is 2.09. The molecule has 2 atom stereocenters. The molecule has 0 aliphatic carbocycles. The Bertz CT molecular complexity index is 158. The molecule has 0 saturated heterocycles. The standard InChI is InChI=1S/C12H27NO2/c1-6-15-8-10(2)13-9-12(4,5)7-11(3)14/h10-11,13-14H,6-9H2,1-5H3. The van der Waals surface area contributed by atoms with E-state index in [2.05, 4.69) is 26.1 Å². The fourth-order valence-corrected chi connectivity index (χ4v) is 1.68. The van der Waals surface area contributed by atoms with E-state index in [1.807, 2.05) is 13.8 Å². The van der Waals surface area contributed by atoms with Crippen LogP contribution in [0.2, 0.25) is 0 Å². The van der Waals surface area contributed by atoms with E-state index in [0.717, 1.165) is 26.2 Å². The van der Waals surface area contributed by atoms with Gasteiger partial charge in [0.25, 0.3) is 0 Å². The first-order valence-corrected chi connectivity index (χ1v) is 5.86. The van der Waals surface area contributed by atoms with Crippen molar-refractivity contribution in [2.24, 2.45) is 5.41 Å². The number of aliphatic hydroxyl groups excluding tert-OH is 1. The highest BCUT2D eigenvalue weighted by Gasteiger charge is 2.20. The van der Waals surface area contributed by atoms with Gasteiger partial charge >= 0.3 is 0 Å². The van der Waals surface area contributed by atoms with Crippen molar-refractivity contribution in [1.82, 2.24) is 5.32 Å². The largest absolute Gasteiger partial charge is 0.393 e. The van der Waals surface area contributed by atoms with Crippen molar-refractivity contribution < 1.29 is 9.84 Å². The average molecular weight is 217 g/mol. The molecule has 0 saturated carbocycles. The molecule has 15 heavy (non-hydrogen) atoms. The zero-order valence-corrected chi connectivity index (χ0v) is 10.8. The first-order chi connectivity index (χ1) is 6.87. The molecule has 0 amide bonds. The second-order valence-corrected chi connectivity index (χ2v) is 5.16. The van der Waals surface area contributed by atoms with Gasteiger partial charge in [0.15, 0.2) is 0 Å². The maximum absolute atomic E-state index is 9.34. The van der Waals surface area contributed by atoms with Crippen LogP contribution in [0.4, 0.5) is 0 Å². The quantitative estimate of drug-likeness (QED) is 0.651. The summed E-state index contributed by atoms with van der Waals surface area (Å²) in [7, 11) is 0. The summed E-state index contributed by atoms with van der Waals surface area (Å²) in [6.45, 7) is 12.7. The minimum Gasteiger partial charge on any atom is -0.393 e. The maximum Gasteiger partial charge on any atom is 0.0616 e. The first-order valence-electron chi connectivity index (χ1n) is 5.86. The number of ether oxygens (including phenoxy) is 1. The Balaban J connectivity index is 3.71. The molecule has 0 radical (unpaired) electrons. The summed E-state index contributed by atoms with van der Waals surface area (Å²) in [6, 6.07) is 0.373. The van der Waals surface area contributed by atoms with Gasteiger partial charge < -0.3 is 15.2 Å². The Kier molecular flexibility index (Phi) is 7.14. The third kappa shape index (κ3) is 8.85. The summed E-state index contributed by atoms with van der Waals surface area (Å²) in [4.78, 5) is 0. The van der Waals surface area contributed by atoms with Crippen molar-refractivity contribution >= 4 is 0 Å². The Morgan fingerprint density at radius 3 is 2.40 bits per heavy atom. The zero-order chi connectivity index (χ0) is 11.9. The molecule has 0 fully saturated rings. The van der Waals surface area contributed by atoms with E-state index in [1.54, 1.807) is 0 Å². The van der Waals surface area contributed by atoms with Crippen LogP contribution in [-0.2, 0) is 4.74 Å². The van der Waals surface area contributed by atoms with Gasteiger partial charge in [-0.3, -0.25) is 0 Å². The maximum atomic E-state index is 9.34. The van der Waals surface area contributed by atoms with E-state index in [0.29, 0.717) is 6.04 Å². The van der Waals surface area contributed by atoms with Gasteiger partial charge in [-0.15, -0.1) is 0 Å². The van der Waals surface area contributed by atoms with E-state index in [-0.39, 0.29) is 11.5 Å². The van der Waals surface area contributed by atoms with Crippen LogP contribution in [0, 0.1) is 5.41 Å². The number of aliphatic hydroxyl groups is 1.